The van der Waals surface area contributed by atoms with E-state index in [0.29, 0.717) is 11.4 Å². The number of H-pyrrole nitrogens is 1. The van der Waals surface area contributed by atoms with Crippen molar-refractivity contribution in [2.45, 2.75) is 26.1 Å². The van der Waals surface area contributed by atoms with Crippen LogP contribution in [0.5, 0.6) is 0 Å². The number of halogens is 2. The first-order valence-electron chi connectivity index (χ1n) is 9.40. The summed E-state index contributed by atoms with van der Waals surface area (Å²) >= 11 is 5.91. The molecule has 0 spiro atoms. The molecule has 1 atom stereocenters. The second-order valence-electron chi connectivity index (χ2n) is 7.00. The molecule has 10 heteroatoms. The number of aromatic amines is 1. The SMILES string of the molecule is CC(C)NC(=O)c1nc[nH]c1C(O)Nc1ccc(NC(=O)c2ccc(F)cc2Cl)cc1. The summed E-state index contributed by atoms with van der Waals surface area (Å²) in [7, 11) is 0. The summed E-state index contributed by atoms with van der Waals surface area (Å²) < 4.78 is 13.1. The van der Waals surface area contributed by atoms with E-state index in [1.165, 1.54) is 12.4 Å². The summed E-state index contributed by atoms with van der Waals surface area (Å²) in [5.74, 6) is -1.41. The molecule has 0 radical (unpaired) electrons. The Labute approximate surface area is 182 Å². The van der Waals surface area contributed by atoms with E-state index in [2.05, 4.69) is 25.9 Å². The van der Waals surface area contributed by atoms with Crippen molar-refractivity contribution in [3.8, 4) is 0 Å². The minimum Gasteiger partial charge on any atom is -0.368 e. The van der Waals surface area contributed by atoms with Gasteiger partial charge in [-0.3, -0.25) is 9.59 Å². The Balaban J connectivity index is 1.65. The molecule has 31 heavy (non-hydrogen) atoms. The molecule has 2 aromatic carbocycles. The van der Waals surface area contributed by atoms with Crippen molar-refractivity contribution in [3.05, 3.63) is 76.6 Å². The third-order valence-corrected chi connectivity index (χ3v) is 4.51. The summed E-state index contributed by atoms with van der Waals surface area (Å²) in [6.07, 6.45) is 0.114. The molecule has 0 bridgehead atoms. The fourth-order valence-corrected chi connectivity index (χ4v) is 3.03. The van der Waals surface area contributed by atoms with Gasteiger partial charge in [0, 0.05) is 17.4 Å². The van der Waals surface area contributed by atoms with Crippen LogP contribution in [0, 0.1) is 5.82 Å². The van der Waals surface area contributed by atoms with Crippen molar-refractivity contribution >= 4 is 34.8 Å². The van der Waals surface area contributed by atoms with Crippen LogP contribution in [0.4, 0.5) is 15.8 Å². The Morgan fingerprint density at radius 2 is 1.77 bits per heavy atom. The summed E-state index contributed by atoms with van der Waals surface area (Å²) in [5, 5.41) is 18.7. The highest BCUT2D eigenvalue weighted by atomic mass is 35.5. The number of hydrogen-bond donors (Lipinski definition) is 5. The number of hydrogen-bond acceptors (Lipinski definition) is 5. The molecular weight excluding hydrogens is 425 g/mol. The Hall–Kier alpha value is -3.43. The van der Waals surface area contributed by atoms with Crippen LogP contribution < -0.4 is 16.0 Å². The van der Waals surface area contributed by atoms with Crippen LogP contribution in [0.25, 0.3) is 0 Å². The van der Waals surface area contributed by atoms with Gasteiger partial charge in [0.1, 0.15) is 5.82 Å². The number of aromatic nitrogens is 2. The van der Waals surface area contributed by atoms with Crippen molar-refractivity contribution in [1.82, 2.24) is 15.3 Å². The van der Waals surface area contributed by atoms with Gasteiger partial charge in [0.2, 0.25) is 0 Å². The standard InChI is InChI=1S/C21H21ClFN5O3/c1-11(2)26-20(30)17-18(25-10-24-17)21(31)28-14-6-4-13(5-7-14)27-19(29)15-8-3-12(23)9-16(15)22/h3-11,21,28,31H,1-2H3,(H,24,25)(H,26,30)(H,27,29). The van der Waals surface area contributed by atoms with Gasteiger partial charge < -0.3 is 26.0 Å². The molecule has 0 fully saturated rings. The fraction of sp³-hybridized carbons (Fsp3) is 0.190. The first-order chi connectivity index (χ1) is 14.7. The maximum absolute atomic E-state index is 13.1. The number of nitrogens with zero attached hydrogens (tertiary/aromatic N) is 1. The number of anilines is 2. The maximum Gasteiger partial charge on any atom is 0.272 e. The Morgan fingerprint density at radius 1 is 1.10 bits per heavy atom. The number of carbonyl (C=O) groups is 2. The third-order valence-electron chi connectivity index (χ3n) is 4.20. The number of aliphatic hydroxyl groups excluding tert-OH is 1. The van der Waals surface area contributed by atoms with Gasteiger partial charge in [-0.2, -0.15) is 0 Å². The normalized spacial score (nSPS) is 11.8. The van der Waals surface area contributed by atoms with Crippen LogP contribution in [0.1, 0.15) is 46.6 Å². The predicted molar refractivity (Wildman–Crippen MR) is 116 cm³/mol. The number of rotatable bonds is 7. The quantitative estimate of drug-likeness (QED) is 0.355. The summed E-state index contributed by atoms with van der Waals surface area (Å²) in [5.41, 5.74) is 1.47. The highest BCUT2D eigenvalue weighted by Gasteiger charge is 2.21. The lowest BCUT2D eigenvalue weighted by Crippen LogP contribution is -2.31. The summed E-state index contributed by atoms with van der Waals surface area (Å²) in [6, 6.07) is 9.94. The molecular formula is C21H21ClFN5O3. The van der Waals surface area contributed by atoms with Gasteiger partial charge in [0.05, 0.1) is 22.6 Å². The molecule has 8 nitrogen and oxygen atoms in total. The van der Waals surface area contributed by atoms with Crippen molar-refractivity contribution in [1.29, 1.82) is 0 Å². The highest BCUT2D eigenvalue weighted by molar-refractivity contribution is 6.34. The molecule has 1 heterocycles. The van der Waals surface area contributed by atoms with Gasteiger partial charge in [0.15, 0.2) is 11.9 Å². The van der Waals surface area contributed by atoms with Gasteiger partial charge in [-0.25, -0.2) is 9.37 Å². The molecule has 1 aromatic heterocycles. The van der Waals surface area contributed by atoms with E-state index in [0.717, 1.165) is 12.1 Å². The zero-order valence-electron chi connectivity index (χ0n) is 16.7. The number of aliphatic hydroxyl groups is 1. The van der Waals surface area contributed by atoms with Crippen LogP contribution >= 0.6 is 11.6 Å². The van der Waals surface area contributed by atoms with Crippen LogP contribution in [0.3, 0.4) is 0 Å². The minimum absolute atomic E-state index is 0.00998. The molecule has 0 aliphatic heterocycles. The number of nitrogens with one attached hydrogen (secondary N) is 4. The second kappa shape index (κ2) is 9.59. The molecule has 0 saturated heterocycles. The summed E-state index contributed by atoms with van der Waals surface area (Å²) in [6.45, 7) is 3.65. The van der Waals surface area contributed by atoms with Gasteiger partial charge in [-0.1, -0.05) is 11.6 Å². The lowest BCUT2D eigenvalue weighted by atomic mass is 10.2. The van der Waals surface area contributed by atoms with Gasteiger partial charge in [-0.15, -0.1) is 0 Å². The fourth-order valence-electron chi connectivity index (χ4n) is 2.78. The van der Waals surface area contributed by atoms with Crippen LogP contribution in [0.15, 0.2) is 48.8 Å². The topological polar surface area (TPSA) is 119 Å². The number of carbonyl (C=O) groups excluding carboxylic acids is 2. The predicted octanol–water partition coefficient (Wildman–Crippen LogP) is 3.70. The third kappa shape index (κ3) is 5.59. The smallest absolute Gasteiger partial charge is 0.272 e. The molecule has 162 valence electrons. The lowest BCUT2D eigenvalue weighted by Gasteiger charge is -2.15. The molecule has 0 aliphatic rings. The molecule has 2 amide bonds. The molecule has 0 saturated carbocycles. The van der Waals surface area contributed by atoms with Crippen molar-refractivity contribution in [2.24, 2.45) is 0 Å². The minimum atomic E-state index is -1.21. The zero-order chi connectivity index (χ0) is 22.5. The van der Waals surface area contributed by atoms with Crippen LogP contribution in [-0.4, -0.2) is 32.9 Å². The molecule has 0 aliphatic carbocycles. The highest BCUT2D eigenvalue weighted by Crippen LogP contribution is 2.22. The van der Waals surface area contributed by atoms with Crippen LogP contribution in [0.2, 0.25) is 5.02 Å². The molecule has 3 aromatic rings. The molecule has 5 N–H and O–H groups in total. The number of benzene rings is 2. The van der Waals surface area contributed by atoms with Gasteiger partial charge in [0.25, 0.3) is 11.8 Å². The van der Waals surface area contributed by atoms with E-state index in [4.69, 9.17) is 11.6 Å². The van der Waals surface area contributed by atoms with E-state index in [1.54, 1.807) is 24.3 Å². The number of imidazole rings is 1. The lowest BCUT2D eigenvalue weighted by molar-refractivity contribution is 0.0931. The van der Waals surface area contributed by atoms with Crippen LogP contribution in [-0.2, 0) is 0 Å². The van der Waals surface area contributed by atoms with E-state index < -0.39 is 23.9 Å². The van der Waals surface area contributed by atoms with Crippen molar-refractivity contribution < 1.29 is 19.1 Å². The van der Waals surface area contributed by atoms with E-state index >= 15 is 0 Å². The van der Waals surface area contributed by atoms with Gasteiger partial charge in [-0.05, 0) is 56.3 Å². The first-order valence-corrected chi connectivity index (χ1v) is 9.77. The van der Waals surface area contributed by atoms with Gasteiger partial charge >= 0.3 is 0 Å². The van der Waals surface area contributed by atoms with Crippen molar-refractivity contribution in [2.75, 3.05) is 10.6 Å². The first kappa shape index (κ1) is 22.3. The largest absolute Gasteiger partial charge is 0.368 e. The summed E-state index contributed by atoms with van der Waals surface area (Å²) in [4.78, 5) is 31.3. The Morgan fingerprint density at radius 3 is 2.42 bits per heavy atom. The van der Waals surface area contributed by atoms with E-state index in [1.807, 2.05) is 13.8 Å². The Bertz CT molecular complexity index is 1080. The average Bonchev–Trinajstić information content (AvgIpc) is 3.19. The second-order valence-corrected chi connectivity index (χ2v) is 7.40. The average molecular weight is 446 g/mol. The van der Waals surface area contributed by atoms with Crippen molar-refractivity contribution in [3.63, 3.8) is 0 Å². The van der Waals surface area contributed by atoms with E-state index in [9.17, 15) is 19.1 Å². The monoisotopic (exact) mass is 445 g/mol. The zero-order valence-corrected chi connectivity index (χ0v) is 17.5. The van der Waals surface area contributed by atoms with E-state index in [-0.39, 0.29) is 28.0 Å². The Kier molecular flexibility index (Phi) is 6.88. The molecule has 1 unspecified atom stereocenters. The maximum atomic E-state index is 13.1. The molecule has 3 rings (SSSR count). The number of amides is 2.